The van der Waals surface area contributed by atoms with Gasteiger partial charge in [0.25, 0.3) is 11.8 Å². The molecule has 0 saturated carbocycles. The second kappa shape index (κ2) is 9.01. The number of nitrogens with zero attached hydrogens (tertiary/aromatic N) is 2. The van der Waals surface area contributed by atoms with E-state index in [9.17, 15) is 9.59 Å². The molecule has 32 heavy (non-hydrogen) atoms. The van der Waals surface area contributed by atoms with E-state index >= 15 is 0 Å². The van der Waals surface area contributed by atoms with Crippen molar-refractivity contribution in [2.45, 2.75) is 26.9 Å². The first kappa shape index (κ1) is 21.8. The molecule has 1 aliphatic heterocycles. The van der Waals surface area contributed by atoms with E-state index < -0.39 is 0 Å². The monoisotopic (exact) mass is 444 g/mol. The molecule has 4 rings (SSSR count). The quantitative estimate of drug-likeness (QED) is 0.480. The summed E-state index contributed by atoms with van der Waals surface area (Å²) in [5.41, 5.74) is 5.78. The van der Waals surface area contributed by atoms with Gasteiger partial charge in [0, 0.05) is 18.6 Å². The van der Waals surface area contributed by atoms with E-state index in [0.717, 1.165) is 27.8 Å². The number of hydrogen-bond acceptors (Lipinski definition) is 3. The molecule has 0 fully saturated rings. The highest BCUT2D eigenvalue weighted by Gasteiger charge is 2.40. The van der Waals surface area contributed by atoms with Gasteiger partial charge in [-0.05, 0) is 53.8 Å². The van der Waals surface area contributed by atoms with Crippen LogP contribution in [-0.4, -0.2) is 28.7 Å². The van der Waals surface area contributed by atoms with Crippen LogP contribution in [0.25, 0.3) is 5.57 Å². The lowest BCUT2D eigenvalue weighted by Gasteiger charge is -2.21. The summed E-state index contributed by atoms with van der Waals surface area (Å²) in [7, 11) is 1.86. The molecule has 0 bridgehead atoms. The molecule has 0 aromatic heterocycles. The molecule has 0 spiro atoms. The third-order valence-electron chi connectivity index (χ3n) is 5.84. The van der Waals surface area contributed by atoms with Crippen LogP contribution in [0.5, 0.6) is 0 Å². The molecule has 4 nitrogen and oxygen atoms in total. The van der Waals surface area contributed by atoms with Crippen molar-refractivity contribution in [1.29, 1.82) is 0 Å². The second-order valence-electron chi connectivity index (χ2n) is 8.19. The van der Waals surface area contributed by atoms with Crippen LogP contribution >= 0.6 is 11.6 Å². The summed E-state index contributed by atoms with van der Waals surface area (Å²) < 4.78 is 0. The Labute approximate surface area is 193 Å². The van der Waals surface area contributed by atoms with Gasteiger partial charge >= 0.3 is 0 Å². The topological polar surface area (TPSA) is 40.6 Å². The van der Waals surface area contributed by atoms with E-state index in [2.05, 4.69) is 0 Å². The number of aryl methyl sites for hydroxylation is 2. The summed E-state index contributed by atoms with van der Waals surface area (Å²) in [5, 5.41) is 0.616. The lowest BCUT2D eigenvalue weighted by molar-refractivity contribution is -0.138. The van der Waals surface area contributed by atoms with Gasteiger partial charge in [0.05, 0.1) is 12.1 Å². The standard InChI is InChI=1S/C27H25ClN2O2/c1-18-9-12-22(15-19(18)2)24-25(29(3)16-20-7-5-4-6-8-20)27(32)30(26(24)31)17-21-10-13-23(28)14-11-21/h4-15H,16-17H2,1-3H3. The van der Waals surface area contributed by atoms with Crippen LogP contribution in [0.15, 0.2) is 78.5 Å². The van der Waals surface area contributed by atoms with Gasteiger partial charge in [0.1, 0.15) is 5.70 Å². The predicted molar refractivity (Wildman–Crippen MR) is 128 cm³/mol. The summed E-state index contributed by atoms with van der Waals surface area (Å²) >= 11 is 6.00. The summed E-state index contributed by atoms with van der Waals surface area (Å²) in [5.74, 6) is -0.556. The highest BCUT2D eigenvalue weighted by Crippen LogP contribution is 2.33. The van der Waals surface area contributed by atoms with Crippen molar-refractivity contribution in [3.63, 3.8) is 0 Å². The van der Waals surface area contributed by atoms with Crippen molar-refractivity contribution < 1.29 is 9.59 Å². The van der Waals surface area contributed by atoms with Crippen LogP contribution in [0, 0.1) is 13.8 Å². The molecule has 3 aromatic carbocycles. The van der Waals surface area contributed by atoms with Gasteiger partial charge in [-0.3, -0.25) is 14.5 Å². The number of benzene rings is 3. The number of amides is 2. The zero-order valence-electron chi connectivity index (χ0n) is 18.4. The van der Waals surface area contributed by atoms with Gasteiger partial charge in [0.15, 0.2) is 0 Å². The van der Waals surface area contributed by atoms with E-state index in [4.69, 9.17) is 11.6 Å². The zero-order valence-corrected chi connectivity index (χ0v) is 19.2. The molecule has 0 unspecified atom stereocenters. The van der Waals surface area contributed by atoms with Crippen molar-refractivity contribution in [3.05, 3.63) is 111 Å². The molecule has 5 heteroatoms. The predicted octanol–water partition coefficient (Wildman–Crippen LogP) is 5.37. The number of hydrogen-bond donors (Lipinski definition) is 0. The first-order valence-corrected chi connectivity index (χ1v) is 10.9. The van der Waals surface area contributed by atoms with Gasteiger partial charge in [-0.15, -0.1) is 0 Å². The first-order valence-electron chi connectivity index (χ1n) is 10.5. The fraction of sp³-hybridized carbons (Fsp3) is 0.185. The second-order valence-corrected chi connectivity index (χ2v) is 8.62. The minimum absolute atomic E-state index is 0.200. The number of likely N-dealkylation sites (N-methyl/N-ethyl adjacent to an activating group) is 1. The fourth-order valence-electron chi connectivity index (χ4n) is 3.93. The van der Waals surface area contributed by atoms with Crippen LogP contribution in [0.4, 0.5) is 0 Å². The Morgan fingerprint density at radius 3 is 2.16 bits per heavy atom. The summed E-state index contributed by atoms with van der Waals surface area (Å²) in [6, 6.07) is 23.0. The Morgan fingerprint density at radius 2 is 1.50 bits per heavy atom. The van der Waals surface area contributed by atoms with Gasteiger partial charge in [-0.1, -0.05) is 72.3 Å². The highest BCUT2D eigenvalue weighted by atomic mass is 35.5. The van der Waals surface area contributed by atoms with E-state index in [1.54, 1.807) is 12.1 Å². The van der Waals surface area contributed by atoms with Crippen LogP contribution in [0.3, 0.4) is 0 Å². The van der Waals surface area contributed by atoms with Gasteiger partial charge in [-0.25, -0.2) is 0 Å². The Balaban J connectivity index is 1.74. The maximum atomic E-state index is 13.5. The molecule has 1 heterocycles. The van der Waals surface area contributed by atoms with Crippen molar-refractivity contribution in [3.8, 4) is 0 Å². The molecule has 0 radical (unpaired) electrons. The summed E-state index contributed by atoms with van der Waals surface area (Å²) in [6.45, 7) is 4.77. The summed E-state index contributed by atoms with van der Waals surface area (Å²) in [4.78, 5) is 30.3. The van der Waals surface area contributed by atoms with E-state index in [1.807, 2.05) is 86.5 Å². The maximum absolute atomic E-state index is 13.5. The SMILES string of the molecule is Cc1ccc(C2=C(N(C)Cc3ccccc3)C(=O)N(Cc3ccc(Cl)cc3)C2=O)cc1C. The number of halogens is 1. The Hall–Kier alpha value is -3.37. The van der Waals surface area contributed by atoms with Gasteiger partial charge in [-0.2, -0.15) is 0 Å². The minimum Gasteiger partial charge on any atom is -0.365 e. The average molecular weight is 445 g/mol. The third-order valence-corrected chi connectivity index (χ3v) is 6.09. The van der Waals surface area contributed by atoms with E-state index in [0.29, 0.717) is 22.8 Å². The molecule has 1 aliphatic rings. The average Bonchev–Trinajstić information content (AvgIpc) is 3.02. The molecular formula is C27H25ClN2O2. The number of rotatable bonds is 6. The Bertz CT molecular complexity index is 1200. The number of carbonyl (C=O) groups is 2. The van der Waals surface area contributed by atoms with Crippen LogP contribution in [-0.2, 0) is 22.7 Å². The zero-order chi connectivity index (χ0) is 22.8. The van der Waals surface area contributed by atoms with Gasteiger partial charge in [0.2, 0.25) is 0 Å². The fourth-order valence-corrected chi connectivity index (χ4v) is 4.05. The molecule has 0 aliphatic carbocycles. The first-order chi connectivity index (χ1) is 15.3. The number of imide groups is 1. The van der Waals surface area contributed by atoms with Crippen LogP contribution in [0.1, 0.15) is 27.8 Å². The van der Waals surface area contributed by atoms with Gasteiger partial charge < -0.3 is 4.90 Å². The van der Waals surface area contributed by atoms with Crippen LogP contribution < -0.4 is 0 Å². The molecule has 2 amide bonds. The van der Waals surface area contributed by atoms with Crippen molar-refractivity contribution in [1.82, 2.24) is 9.80 Å². The van der Waals surface area contributed by atoms with E-state index in [1.165, 1.54) is 4.90 Å². The smallest absolute Gasteiger partial charge is 0.278 e. The lowest BCUT2D eigenvalue weighted by Crippen LogP contribution is -2.33. The Kier molecular flexibility index (Phi) is 6.15. The third kappa shape index (κ3) is 4.32. The van der Waals surface area contributed by atoms with Crippen molar-refractivity contribution >= 4 is 29.0 Å². The highest BCUT2D eigenvalue weighted by molar-refractivity contribution is 6.35. The molecule has 162 valence electrons. The normalized spacial score (nSPS) is 13.8. The maximum Gasteiger partial charge on any atom is 0.278 e. The Morgan fingerprint density at radius 1 is 0.812 bits per heavy atom. The van der Waals surface area contributed by atoms with E-state index in [-0.39, 0.29) is 18.4 Å². The van der Waals surface area contributed by atoms with Crippen molar-refractivity contribution in [2.75, 3.05) is 7.05 Å². The minimum atomic E-state index is -0.281. The number of carbonyl (C=O) groups excluding carboxylic acids is 2. The summed E-state index contributed by atoms with van der Waals surface area (Å²) in [6.07, 6.45) is 0. The largest absolute Gasteiger partial charge is 0.365 e. The molecule has 0 saturated heterocycles. The molecule has 3 aromatic rings. The molecule has 0 N–H and O–H groups in total. The lowest BCUT2D eigenvalue weighted by atomic mass is 9.99. The van der Waals surface area contributed by atoms with Crippen molar-refractivity contribution in [2.24, 2.45) is 0 Å². The molecular weight excluding hydrogens is 420 g/mol. The molecule has 0 atom stereocenters. The van der Waals surface area contributed by atoms with Crippen LogP contribution in [0.2, 0.25) is 5.02 Å².